The van der Waals surface area contributed by atoms with Crippen LogP contribution in [0.2, 0.25) is 0 Å². The Morgan fingerprint density at radius 3 is 2.33 bits per heavy atom. The number of benzene rings is 1. The SMILES string of the molecule is CC(C)(C)OC(=O)N1C[C@@H](C(=O)O)[C@H](C(=O)N[C@@H]2C[C@H]2c2ccccc2)C1. The summed E-state index contributed by atoms with van der Waals surface area (Å²) < 4.78 is 5.31. The standard InChI is InChI=1S/C20H26N2O5/c1-20(2,3)27-19(26)22-10-14(15(11-22)18(24)25)17(23)21-16-9-13(16)12-7-5-4-6-8-12/h4-8,13-16H,9-11H2,1-3H3,(H,21,23)(H,24,25)/t13-,14+,15+,16+/m0/s1. The molecule has 0 unspecified atom stereocenters. The van der Waals surface area contributed by atoms with Gasteiger partial charge in [-0.25, -0.2) is 4.79 Å². The highest BCUT2D eigenvalue weighted by Crippen LogP contribution is 2.41. The van der Waals surface area contributed by atoms with Crippen molar-refractivity contribution in [2.24, 2.45) is 11.8 Å². The molecule has 7 heteroatoms. The van der Waals surface area contributed by atoms with Crippen molar-refractivity contribution in [2.75, 3.05) is 13.1 Å². The zero-order valence-electron chi connectivity index (χ0n) is 15.8. The lowest BCUT2D eigenvalue weighted by Gasteiger charge is -2.24. The summed E-state index contributed by atoms with van der Waals surface area (Å²) in [6.07, 6.45) is 0.258. The lowest BCUT2D eigenvalue weighted by atomic mass is 9.95. The molecule has 2 fully saturated rings. The number of rotatable bonds is 4. The van der Waals surface area contributed by atoms with E-state index < -0.39 is 29.5 Å². The summed E-state index contributed by atoms with van der Waals surface area (Å²) in [6.45, 7) is 5.28. The molecule has 2 N–H and O–H groups in total. The largest absolute Gasteiger partial charge is 0.481 e. The molecule has 1 saturated carbocycles. The van der Waals surface area contributed by atoms with E-state index in [1.807, 2.05) is 30.3 Å². The first-order chi connectivity index (χ1) is 12.7. The average Bonchev–Trinajstić information content (AvgIpc) is 3.18. The highest BCUT2D eigenvalue weighted by Gasteiger charge is 2.47. The highest BCUT2D eigenvalue weighted by molar-refractivity contribution is 5.87. The number of nitrogens with zero attached hydrogens (tertiary/aromatic N) is 1. The van der Waals surface area contributed by atoms with Crippen molar-refractivity contribution in [1.29, 1.82) is 0 Å². The van der Waals surface area contributed by atoms with Crippen LogP contribution < -0.4 is 5.32 Å². The first kappa shape index (κ1) is 19.2. The van der Waals surface area contributed by atoms with Crippen LogP contribution in [0.3, 0.4) is 0 Å². The number of likely N-dealkylation sites (tertiary alicyclic amines) is 1. The van der Waals surface area contributed by atoms with E-state index in [-0.39, 0.29) is 31.0 Å². The zero-order chi connectivity index (χ0) is 19.8. The number of carbonyl (C=O) groups is 3. The van der Waals surface area contributed by atoms with Crippen LogP contribution in [0, 0.1) is 11.8 Å². The number of carbonyl (C=O) groups excluding carboxylic acids is 2. The van der Waals surface area contributed by atoms with E-state index in [0.717, 1.165) is 6.42 Å². The van der Waals surface area contributed by atoms with E-state index in [1.165, 1.54) is 10.5 Å². The molecule has 146 valence electrons. The highest BCUT2D eigenvalue weighted by atomic mass is 16.6. The van der Waals surface area contributed by atoms with Gasteiger partial charge < -0.3 is 20.1 Å². The smallest absolute Gasteiger partial charge is 0.410 e. The van der Waals surface area contributed by atoms with Gasteiger partial charge in [-0.1, -0.05) is 30.3 Å². The van der Waals surface area contributed by atoms with Crippen LogP contribution in [-0.4, -0.2) is 52.7 Å². The number of amides is 2. The lowest BCUT2D eigenvalue weighted by Crippen LogP contribution is -2.39. The van der Waals surface area contributed by atoms with Crippen LogP contribution in [0.15, 0.2) is 30.3 Å². The van der Waals surface area contributed by atoms with Gasteiger partial charge in [-0.15, -0.1) is 0 Å². The summed E-state index contributed by atoms with van der Waals surface area (Å²) in [5.41, 5.74) is 0.493. The molecule has 0 radical (unpaired) electrons. The molecule has 3 rings (SSSR count). The molecule has 1 aromatic carbocycles. The molecular formula is C20H26N2O5. The van der Waals surface area contributed by atoms with Gasteiger partial charge in [0.05, 0.1) is 11.8 Å². The van der Waals surface area contributed by atoms with Gasteiger partial charge in [0.25, 0.3) is 0 Å². The fourth-order valence-corrected chi connectivity index (χ4v) is 3.51. The molecule has 27 heavy (non-hydrogen) atoms. The van der Waals surface area contributed by atoms with E-state index in [9.17, 15) is 19.5 Å². The van der Waals surface area contributed by atoms with Crippen LogP contribution in [0.1, 0.15) is 38.7 Å². The van der Waals surface area contributed by atoms with Crippen molar-refractivity contribution in [3.63, 3.8) is 0 Å². The van der Waals surface area contributed by atoms with Crippen LogP contribution in [0.5, 0.6) is 0 Å². The Morgan fingerprint density at radius 1 is 1.11 bits per heavy atom. The predicted octanol–water partition coefficient (Wildman–Crippen LogP) is 2.23. The number of carboxylic acid groups (broad SMARTS) is 1. The maximum Gasteiger partial charge on any atom is 0.410 e. The number of hydrogen-bond donors (Lipinski definition) is 2. The number of nitrogens with one attached hydrogen (secondary N) is 1. The molecule has 7 nitrogen and oxygen atoms in total. The van der Waals surface area contributed by atoms with Crippen molar-refractivity contribution >= 4 is 18.0 Å². The quantitative estimate of drug-likeness (QED) is 0.842. The predicted molar refractivity (Wildman–Crippen MR) is 98.2 cm³/mol. The second-order valence-electron chi connectivity index (χ2n) is 8.30. The van der Waals surface area contributed by atoms with Crippen molar-refractivity contribution in [2.45, 2.75) is 44.8 Å². The van der Waals surface area contributed by atoms with E-state index in [2.05, 4.69) is 5.32 Å². The second-order valence-corrected chi connectivity index (χ2v) is 8.30. The minimum Gasteiger partial charge on any atom is -0.481 e. The van der Waals surface area contributed by atoms with Crippen molar-refractivity contribution in [1.82, 2.24) is 10.2 Å². The van der Waals surface area contributed by atoms with E-state index in [1.54, 1.807) is 20.8 Å². The Labute approximate surface area is 158 Å². The van der Waals surface area contributed by atoms with Gasteiger partial charge in [-0.05, 0) is 32.8 Å². The molecule has 1 aliphatic carbocycles. The normalized spacial score (nSPS) is 27.1. The first-order valence-electron chi connectivity index (χ1n) is 9.22. The molecule has 1 aromatic rings. The lowest BCUT2D eigenvalue weighted by molar-refractivity contribution is -0.145. The Kier molecular flexibility index (Phi) is 5.13. The molecule has 1 saturated heterocycles. The van der Waals surface area contributed by atoms with Gasteiger partial charge >= 0.3 is 12.1 Å². The fraction of sp³-hybridized carbons (Fsp3) is 0.550. The molecule has 0 bridgehead atoms. The molecule has 2 aliphatic rings. The van der Waals surface area contributed by atoms with E-state index in [4.69, 9.17) is 4.74 Å². The van der Waals surface area contributed by atoms with Crippen LogP contribution >= 0.6 is 0 Å². The second kappa shape index (κ2) is 7.21. The van der Waals surface area contributed by atoms with Crippen molar-refractivity contribution in [3.8, 4) is 0 Å². The van der Waals surface area contributed by atoms with Crippen LogP contribution in [0.25, 0.3) is 0 Å². The summed E-state index contributed by atoms with van der Waals surface area (Å²) in [5.74, 6) is -2.81. The summed E-state index contributed by atoms with van der Waals surface area (Å²) in [6, 6.07) is 9.93. The van der Waals surface area contributed by atoms with E-state index in [0.29, 0.717) is 0 Å². The molecule has 0 aromatic heterocycles. The Morgan fingerprint density at radius 2 is 1.74 bits per heavy atom. The molecule has 2 amide bonds. The van der Waals surface area contributed by atoms with Crippen LogP contribution in [0.4, 0.5) is 4.79 Å². The minimum absolute atomic E-state index is 0.0184. The summed E-state index contributed by atoms with van der Waals surface area (Å²) in [5, 5.41) is 12.4. The van der Waals surface area contributed by atoms with Crippen molar-refractivity contribution < 1.29 is 24.2 Å². The first-order valence-corrected chi connectivity index (χ1v) is 9.22. The Balaban J connectivity index is 1.61. The zero-order valence-corrected chi connectivity index (χ0v) is 15.8. The topological polar surface area (TPSA) is 95.9 Å². The third kappa shape index (κ3) is 4.59. The molecule has 4 atom stereocenters. The van der Waals surface area contributed by atoms with Gasteiger partial charge in [-0.3, -0.25) is 9.59 Å². The number of ether oxygens (including phenoxy) is 1. The molecule has 0 spiro atoms. The fourth-order valence-electron chi connectivity index (χ4n) is 3.51. The van der Waals surface area contributed by atoms with Crippen molar-refractivity contribution in [3.05, 3.63) is 35.9 Å². The third-order valence-corrected chi connectivity index (χ3v) is 4.97. The average molecular weight is 374 g/mol. The number of hydrogen-bond acceptors (Lipinski definition) is 4. The number of carboxylic acids is 1. The van der Waals surface area contributed by atoms with E-state index >= 15 is 0 Å². The van der Waals surface area contributed by atoms with Gasteiger partial charge in [-0.2, -0.15) is 0 Å². The van der Waals surface area contributed by atoms with Gasteiger partial charge in [0, 0.05) is 25.0 Å². The molecular weight excluding hydrogens is 348 g/mol. The van der Waals surface area contributed by atoms with Crippen LogP contribution in [-0.2, 0) is 14.3 Å². The van der Waals surface area contributed by atoms with Gasteiger partial charge in [0.15, 0.2) is 0 Å². The molecule has 1 aliphatic heterocycles. The number of aliphatic carboxylic acids is 1. The summed E-state index contributed by atoms with van der Waals surface area (Å²) in [7, 11) is 0. The molecule has 1 heterocycles. The maximum atomic E-state index is 12.7. The minimum atomic E-state index is -1.07. The Bertz CT molecular complexity index is 728. The monoisotopic (exact) mass is 374 g/mol. The summed E-state index contributed by atoms with van der Waals surface area (Å²) in [4.78, 5) is 37.8. The van der Waals surface area contributed by atoms with Gasteiger partial charge in [0.1, 0.15) is 5.60 Å². The Hall–Kier alpha value is -2.57. The van der Waals surface area contributed by atoms with Gasteiger partial charge in [0.2, 0.25) is 5.91 Å². The third-order valence-electron chi connectivity index (χ3n) is 4.97. The summed E-state index contributed by atoms with van der Waals surface area (Å²) >= 11 is 0. The maximum absolute atomic E-state index is 12.7.